The first kappa shape index (κ1) is 24.9. The monoisotopic (exact) mass is 439 g/mol. The fourth-order valence-electron chi connectivity index (χ4n) is 3.18. The number of amides is 3. The van der Waals surface area contributed by atoms with Crippen molar-refractivity contribution in [3.63, 3.8) is 0 Å². The summed E-state index contributed by atoms with van der Waals surface area (Å²) in [7, 11) is 1.59. The molecule has 3 N–H and O–H groups in total. The zero-order chi connectivity index (χ0) is 23.2. The molecule has 0 radical (unpaired) electrons. The van der Waals surface area contributed by atoms with E-state index in [0.717, 1.165) is 30.6 Å². The number of hydrogen-bond donors (Lipinski definition) is 3. The van der Waals surface area contributed by atoms with Gasteiger partial charge >= 0.3 is 11.8 Å². The second-order valence-corrected chi connectivity index (χ2v) is 7.55. The molecule has 3 amide bonds. The van der Waals surface area contributed by atoms with Gasteiger partial charge in [0.2, 0.25) is 0 Å². The van der Waals surface area contributed by atoms with Crippen molar-refractivity contribution in [3.05, 3.63) is 59.7 Å². The molecule has 0 saturated carbocycles. The lowest BCUT2D eigenvalue weighted by atomic mass is 10.1. The molecule has 7 heteroatoms. The van der Waals surface area contributed by atoms with E-state index in [4.69, 9.17) is 4.74 Å². The summed E-state index contributed by atoms with van der Waals surface area (Å²) in [5.41, 5.74) is 1.49. The summed E-state index contributed by atoms with van der Waals surface area (Å²) >= 11 is 0. The molecule has 0 bridgehead atoms. The summed E-state index contributed by atoms with van der Waals surface area (Å²) in [6.07, 6.45) is 6.61. The fourth-order valence-corrected chi connectivity index (χ4v) is 3.18. The molecule has 32 heavy (non-hydrogen) atoms. The van der Waals surface area contributed by atoms with Gasteiger partial charge in [-0.2, -0.15) is 0 Å². The molecule has 2 rings (SSSR count). The van der Waals surface area contributed by atoms with E-state index in [0.29, 0.717) is 18.8 Å². The number of hydrogen-bond acceptors (Lipinski definition) is 4. The van der Waals surface area contributed by atoms with E-state index in [1.54, 1.807) is 31.4 Å². The molecule has 0 saturated heterocycles. The van der Waals surface area contributed by atoms with Gasteiger partial charge in [-0.25, -0.2) is 0 Å². The second-order valence-electron chi connectivity index (χ2n) is 7.55. The number of anilines is 1. The number of ether oxygens (including phenoxy) is 1. The highest BCUT2D eigenvalue weighted by Gasteiger charge is 2.17. The minimum Gasteiger partial charge on any atom is -0.497 e. The molecule has 0 aromatic heterocycles. The molecule has 172 valence electrons. The molecule has 0 fully saturated rings. The van der Waals surface area contributed by atoms with E-state index in [9.17, 15) is 14.4 Å². The summed E-state index contributed by atoms with van der Waals surface area (Å²) in [6, 6.07) is 14.0. The summed E-state index contributed by atoms with van der Waals surface area (Å²) in [5, 5.41) is 8.01. The Kier molecular flexibility index (Phi) is 10.8. The van der Waals surface area contributed by atoms with Crippen molar-refractivity contribution >= 4 is 23.4 Å². The predicted molar refractivity (Wildman–Crippen MR) is 126 cm³/mol. The standard InChI is InChI=1S/C25H33N3O4/c1-3-4-5-6-7-10-17-26-24(30)25(31)28-22-12-9-8-11-21(22)23(29)27-18-19-13-15-20(32-2)16-14-19/h8-9,11-16H,3-7,10,17-18H2,1-2H3,(H,26,30)(H,27,29)(H,28,31). The van der Waals surface area contributed by atoms with Gasteiger partial charge in [-0.15, -0.1) is 0 Å². The number of para-hydroxylation sites is 1. The lowest BCUT2D eigenvalue weighted by Gasteiger charge is -2.12. The Morgan fingerprint density at radius 2 is 1.50 bits per heavy atom. The van der Waals surface area contributed by atoms with Crippen LogP contribution in [0.1, 0.15) is 61.4 Å². The van der Waals surface area contributed by atoms with Crippen LogP contribution in [-0.2, 0) is 16.1 Å². The van der Waals surface area contributed by atoms with Crippen LogP contribution in [0.15, 0.2) is 48.5 Å². The minimum absolute atomic E-state index is 0.290. The van der Waals surface area contributed by atoms with Crippen LogP contribution in [0.25, 0.3) is 0 Å². The normalized spacial score (nSPS) is 10.3. The maximum Gasteiger partial charge on any atom is 0.313 e. The molecular weight excluding hydrogens is 406 g/mol. The molecule has 0 aliphatic rings. The van der Waals surface area contributed by atoms with Crippen LogP contribution >= 0.6 is 0 Å². The van der Waals surface area contributed by atoms with Crippen molar-refractivity contribution in [2.45, 2.75) is 52.0 Å². The minimum atomic E-state index is -0.786. The lowest BCUT2D eigenvalue weighted by Crippen LogP contribution is -2.36. The van der Waals surface area contributed by atoms with Crippen LogP contribution in [0.2, 0.25) is 0 Å². The zero-order valence-corrected chi connectivity index (χ0v) is 18.9. The van der Waals surface area contributed by atoms with Gasteiger partial charge in [0, 0.05) is 13.1 Å². The highest BCUT2D eigenvalue weighted by atomic mass is 16.5. The Bertz CT molecular complexity index is 881. The third kappa shape index (κ3) is 8.41. The highest BCUT2D eigenvalue weighted by molar-refractivity contribution is 6.40. The van der Waals surface area contributed by atoms with E-state index in [1.165, 1.54) is 19.3 Å². The van der Waals surface area contributed by atoms with Gasteiger partial charge in [0.05, 0.1) is 18.4 Å². The number of nitrogens with one attached hydrogen (secondary N) is 3. The second kappa shape index (κ2) is 13.9. The van der Waals surface area contributed by atoms with Crippen LogP contribution in [0.3, 0.4) is 0 Å². The van der Waals surface area contributed by atoms with E-state index in [1.807, 2.05) is 24.3 Å². The van der Waals surface area contributed by atoms with Crippen molar-refractivity contribution in [2.24, 2.45) is 0 Å². The summed E-state index contributed by atoms with van der Waals surface area (Å²) in [4.78, 5) is 37.0. The van der Waals surface area contributed by atoms with Gasteiger partial charge in [0.1, 0.15) is 5.75 Å². The number of unbranched alkanes of at least 4 members (excludes halogenated alkanes) is 5. The van der Waals surface area contributed by atoms with Crippen molar-refractivity contribution in [1.82, 2.24) is 10.6 Å². The number of rotatable bonds is 12. The largest absolute Gasteiger partial charge is 0.497 e. The first-order valence-electron chi connectivity index (χ1n) is 11.1. The topological polar surface area (TPSA) is 96.5 Å². The van der Waals surface area contributed by atoms with Gasteiger partial charge in [-0.1, -0.05) is 63.3 Å². The Morgan fingerprint density at radius 1 is 0.812 bits per heavy atom. The molecule has 2 aromatic rings. The molecular formula is C25H33N3O4. The van der Waals surface area contributed by atoms with Gasteiger partial charge in [0.15, 0.2) is 0 Å². The van der Waals surface area contributed by atoms with E-state index in [-0.39, 0.29) is 11.5 Å². The Balaban J connectivity index is 1.83. The van der Waals surface area contributed by atoms with Gasteiger partial charge < -0.3 is 20.7 Å². The van der Waals surface area contributed by atoms with E-state index < -0.39 is 11.8 Å². The predicted octanol–water partition coefficient (Wildman–Crippen LogP) is 4.04. The van der Waals surface area contributed by atoms with E-state index >= 15 is 0 Å². The molecule has 0 heterocycles. The average Bonchev–Trinajstić information content (AvgIpc) is 2.82. The van der Waals surface area contributed by atoms with Crippen molar-refractivity contribution in [1.29, 1.82) is 0 Å². The number of methoxy groups -OCH3 is 1. The Morgan fingerprint density at radius 3 is 2.22 bits per heavy atom. The fraction of sp³-hybridized carbons (Fsp3) is 0.400. The smallest absolute Gasteiger partial charge is 0.313 e. The SMILES string of the molecule is CCCCCCCCNC(=O)C(=O)Nc1ccccc1C(=O)NCc1ccc(OC)cc1. The van der Waals surface area contributed by atoms with Crippen LogP contribution in [-0.4, -0.2) is 31.4 Å². The molecule has 0 aliphatic heterocycles. The van der Waals surface area contributed by atoms with Gasteiger partial charge in [0.25, 0.3) is 5.91 Å². The van der Waals surface area contributed by atoms with Crippen LogP contribution in [0, 0.1) is 0 Å². The molecule has 0 unspecified atom stereocenters. The quantitative estimate of drug-likeness (QED) is 0.343. The first-order valence-corrected chi connectivity index (χ1v) is 11.1. The maximum absolute atomic E-state index is 12.6. The van der Waals surface area contributed by atoms with Crippen molar-refractivity contribution in [3.8, 4) is 5.75 Å². The third-order valence-electron chi connectivity index (χ3n) is 5.05. The number of carbonyl (C=O) groups excluding carboxylic acids is 3. The van der Waals surface area contributed by atoms with Gasteiger partial charge in [-0.05, 0) is 36.2 Å². The molecule has 0 aliphatic carbocycles. The van der Waals surface area contributed by atoms with Crippen LogP contribution in [0.4, 0.5) is 5.69 Å². The zero-order valence-electron chi connectivity index (χ0n) is 18.9. The summed E-state index contributed by atoms with van der Waals surface area (Å²) in [5.74, 6) is -1.09. The Hall–Kier alpha value is -3.35. The van der Waals surface area contributed by atoms with Crippen LogP contribution < -0.4 is 20.7 Å². The van der Waals surface area contributed by atoms with Gasteiger partial charge in [-0.3, -0.25) is 14.4 Å². The van der Waals surface area contributed by atoms with Crippen molar-refractivity contribution in [2.75, 3.05) is 19.0 Å². The average molecular weight is 440 g/mol. The first-order chi connectivity index (χ1) is 15.5. The molecule has 0 atom stereocenters. The molecule has 2 aromatic carbocycles. The molecule has 7 nitrogen and oxygen atoms in total. The number of carbonyl (C=O) groups is 3. The Labute approximate surface area is 189 Å². The highest BCUT2D eigenvalue weighted by Crippen LogP contribution is 2.16. The maximum atomic E-state index is 12.6. The van der Waals surface area contributed by atoms with Crippen LogP contribution in [0.5, 0.6) is 5.75 Å². The van der Waals surface area contributed by atoms with Crippen molar-refractivity contribution < 1.29 is 19.1 Å². The third-order valence-corrected chi connectivity index (χ3v) is 5.05. The molecule has 0 spiro atoms. The summed E-state index contributed by atoms with van der Waals surface area (Å²) < 4.78 is 5.13. The lowest BCUT2D eigenvalue weighted by molar-refractivity contribution is -0.136. The van der Waals surface area contributed by atoms with E-state index in [2.05, 4.69) is 22.9 Å². The summed E-state index contributed by atoms with van der Waals surface area (Å²) in [6.45, 7) is 2.95. The number of benzene rings is 2.